The first kappa shape index (κ1) is 16.3. The minimum absolute atomic E-state index is 0.774. The van der Waals surface area contributed by atoms with Crippen LogP contribution in [-0.2, 0) is 17.7 Å². The van der Waals surface area contributed by atoms with Crippen molar-refractivity contribution in [3.05, 3.63) is 71.9 Å². The van der Waals surface area contributed by atoms with Gasteiger partial charge in [-0.25, -0.2) is 0 Å². The van der Waals surface area contributed by atoms with Crippen LogP contribution in [0.5, 0.6) is 0 Å². The maximum Gasteiger partial charge on any atom is 0.0826 e. The molecule has 3 aromatic rings. The second-order valence-corrected chi connectivity index (χ2v) is 6.93. The van der Waals surface area contributed by atoms with E-state index in [1.165, 1.54) is 22.0 Å². The Balaban J connectivity index is 1.61. The van der Waals surface area contributed by atoms with Gasteiger partial charge in [0.25, 0.3) is 0 Å². The third-order valence-electron chi connectivity index (χ3n) is 4.77. The van der Waals surface area contributed by atoms with Gasteiger partial charge in [-0.1, -0.05) is 60.7 Å². The van der Waals surface area contributed by atoms with E-state index in [0.29, 0.717) is 0 Å². The van der Waals surface area contributed by atoms with Crippen LogP contribution >= 0.6 is 12.2 Å². The molecule has 1 aliphatic heterocycles. The zero-order valence-corrected chi connectivity index (χ0v) is 15.0. The number of hydrogen-bond acceptors (Lipinski definition) is 2. The molecule has 0 spiro atoms. The highest BCUT2D eigenvalue weighted by molar-refractivity contribution is 7.80. The summed E-state index contributed by atoms with van der Waals surface area (Å²) in [6.45, 7) is 4.24. The van der Waals surface area contributed by atoms with E-state index in [9.17, 15) is 0 Å². The molecule has 0 amide bonds. The zero-order chi connectivity index (χ0) is 17.1. The number of benzene rings is 2. The lowest BCUT2D eigenvalue weighted by atomic mass is 10.1. The Morgan fingerprint density at radius 1 is 0.960 bits per heavy atom. The molecular formula is C21H22N2OS. The van der Waals surface area contributed by atoms with Gasteiger partial charge in [-0.3, -0.25) is 0 Å². The van der Waals surface area contributed by atoms with Crippen LogP contribution in [0, 0.1) is 0 Å². The molecule has 4 rings (SSSR count). The SMILES string of the molecule is S=C(Cc1cn(Cc2ccccc2)c2ccccc12)N1CCOCC1. The smallest absolute Gasteiger partial charge is 0.0826 e. The van der Waals surface area contributed by atoms with E-state index < -0.39 is 0 Å². The van der Waals surface area contributed by atoms with Crippen LogP contribution in [0.1, 0.15) is 11.1 Å². The van der Waals surface area contributed by atoms with Crippen molar-refractivity contribution in [2.45, 2.75) is 13.0 Å². The number of hydrogen-bond donors (Lipinski definition) is 0. The second kappa shape index (κ2) is 7.38. The molecule has 2 heterocycles. The van der Waals surface area contributed by atoms with Crippen molar-refractivity contribution in [1.82, 2.24) is 9.47 Å². The number of fused-ring (bicyclic) bond motifs is 1. The Bertz CT molecular complexity index is 866. The number of thiocarbonyl (C=S) groups is 1. The number of rotatable bonds is 4. The van der Waals surface area contributed by atoms with Crippen LogP contribution in [0.2, 0.25) is 0 Å². The van der Waals surface area contributed by atoms with Crippen molar-refractivity contribution in [3.8, 4) is 0 Å². The summed E-state index contributed by atoms with van der Waals surface area (Å²) in [6, 6.07) is 19.2. The summed E-state index contributed by atoms with van der Waals surface area (Å²) in [5.41, 5.74) is 3.89. The molecule has 3 nitrogen and oxygen atoms in total. The van der Waals surface area contributed by atoms with Gasteiger partial charge < -0.3 is 14.2 Å². The van der Waals surface area contributed by atoms with Gasteiger partial charge in [0, 0.05) is 43.2 Å². The average Bonchev–Trinajstić information content (AvgIpc) is 3.01. The third kappa shape index (κ3) is 3.60. The fraction of sp³-hybridized carbons (Fsp3) is 0.286. The first-order chi connectivity index (χ1) is 12.3. The maximum absolute atomic E-state index is 5.72. The third-order valence-corrected chi connectivity index (χ3v) is 5.17. The second-order valence-electron chi connectivity index (χ2n) is 6.45. The number of aromatic nitrogens is 1. The van der Waals surface area contributed by atoms with Gasteiger partial charge in [-0.2, -0.15) is 0 Å². The van der Waals surface area contributed by atoms with Crippen molar-refractivity contribution in [2.24, 2.45) is 0 Å². The van der Waals surface area contributed by atoms with E-state index in [2.05, 4.69) is 70.3 Å². The van der Waals surface area contributed by atoms with Gasteiger partial charge in [0.05, 0.1) is 18.2 Å². The molecular weight excluding hydrogens is 328 g/mol. The van der Waals surface area contributed by atoms with E-state index in [4.69, 9.17) is 17.0 Å². The molecule has 0 N–H and O–H groups in total. The predicted octanol–water partition coefficient (Wildman–Crippen LogP) is 3.89. The molecule has 0 saturated carbocycles. The molecule has 0 bridgehead atoms. The molecule has 128 valence electrons. The minimum Gasteiger partial charge on any atom is -0.378 e. The van der Waals surface area contributed by atoms with Crippen molar-refractivity contribution >= 4 is 28.1 Å². The molecule has 1 aromatic heterocycles. The molecule has 25 heavy (non-hydrogen) atoms. The number of nitrogens with zero attached hydrogens (tertiary/aromatic N) is 2. The van der Waals surface area contributed by atoms with Crippen LogP contribution in [0.15, 0.2) is 60.8 Å². The monoisotopic (exact) mass is 350 g/mol. The molecule has 1 aliphatic rings. The van der Waals surface area contributed by atoms with Crippen LogP contribution in [0.4, 0.5) is 0 Å². The van der Waals surface area contributed by atoms with E-state index >= 15 is 0 Å². The van der Waals surface area contributed by atoms with Crippen LogP contribution in [-0.4, -0.2) is 40.8 Å². The normalized spacial score (nSPS) is 14.8. The number of ether oxygens (including phenoxy) is 1. The Kier molecular flexibility index (Phi) is 4.81. The van der Waals surface area contributed by atoms with E-state index in [0.717, 1.165) is 44.3 Å². The summed E-state index contributed by atoms with van der Waals surface area (Å²) in [7, 11) is 0. The first-order valence-corrected chi connectivity index (χ1v) is 9.18. The van der Waals surface area contributed by atoms with Gasteiger partial charge in [0.1, 0.15) is 0 Å². The van der Waals surface area contributed by atoms with Crippen molar-refractivity contribution < 1.29 is 4.74 Å². The van der Waals surface area contributed by atoms with Crippen molar-refractivity contribution in [3.63, 3.8) is 0 Å². The Morgan fingerprint density at radius 3 is 2.48 bits per heavy atom. The van der Waals surface area contributed by atoms with Crippen LogP contribution in [0.25, 0.3) is 10.9 Å². The highest BCUT2D eigenvalue weighted by Gasteiger charge is 2.16. The topological polar surface area (TPSA) is 17.4 Å². The van der Waals surface area contributed by atoms with Gasteiger partial charge in [-0.15, -0.1) is 0 Å². The summed E-state index contributed by atoms with van der Waals surface area (Å²) in [5.74, 6) is 0. The molecule has 0 radical (unpaired) electrons. The fourth-order valence-electron chi connectivity index (χ4n) is 3.46. The van der Waals surface area contributed by atoms with Crippen LogP contribution in [0.3, 0.4) is 0 Å². The molecule has 0 atom stereocenters. The quantitative estimate of drug-likeness (QED) is 0.665. The highest BCUT2D eigenvalue weighted by Crippen LogP contribution is 2.24. The zero-order valence-electron chi connectivity index (χ0n) is 14.2. The number of para-hydroxylation sites is 1. The maximum atomic E-state index is 5.72. The average molecular weight is 350 g/mol. The highest BCUT2D eigenvalue weighted by atomic mass is 32.1. The molecule has 1 fully saturated rings. The lowest BCUT2D eigenvalue weighted by Gasteiger charge is -2.29. The largest absolute Gasteiger partial charge is 0.378 e. The Labute approximate surface area is 153 Å². The molecule has 2 aromatic carbocycles. The number of morpholine rings is 1. The van der Waals surface area contributed by atoms with Gasteiger partial charge in [0.15, 0.2) is 0 Å². The molecule has 0 aliphatic carbocycles. The molecule has 4 heteroatoms. The van der Waals surface area contributed by atoms with Gasteiger partial charge in [-0.05, 0) is 17.2 Å². The fourth-order valence-corrected chi connectivity index (χ4v) is 3.80. The lowest BCUT2D eigenvalue weighted by molar-refractivity contribution is 0.0685. The summed E-state index contributed by atoms with van der Waals surface area (Å²) < 4.78 is 7.77. The summed E-state index contributed by atoms with van der Waals surface area (Å²) >= 11 is 5.72. The first-order valence-electron chi connectivity index (χ1n) is 8.77. The summed E-state index contributed by atoms with van der Waals surface area (Å²) in [6.07, 6.45) is 3.09. The summed E-state index contributed by atoms with van der Waals surface area (Å²) in [4.78, 5) is 3.30. The lowest BCUT2D eigenvalue weighted by Crippen LogP contribution is -2.40. The summed E-state index contributed by atoms with van der Waals surface area (Å²) in [5, 5.41) is 1.30. The minimum atomic E-state index is 0.774. The van der Waals surface area contributed by atoms with Crippen molar-refractivity contribution in [2.75, 3.05) is 26.3 Å². The van der Waals surface area contributed by atoms with Gasteiger partial charge in [0.2, 0.25) is 0 Å². The predicted molar refractivity (Wildman–Crippen MR) is 106 cm³/mol. The molecule has 1 saturated heterocycles. The Morgan fingerprint density at radius 2 is 1.68 bits per heavy atom. The van der Waals surface area contributed by atoms with E-state index in [-0.39, 0.29) is 0 Å². The Hall–Kier alpha value is -2.17. The van der Waals surface area contributed by atoms with E-state index in [1.54, 1.807) is 0 Å². The molecule has 0 unspecified atom stereocenters. The van der Waals surface area contributed by atoms with Crippen molar-refractivity contribution in [1.29, 1.82) is 0 Å². The van der Waals surface area contributed by atoms with Crippen LogP contribution < -0.4 is 0 Å². The van der Waals surface area contributed by atoms with Gasteiger partial charge >= 0.3 is 0 Å². The van der Waals surface area contributed by atoms with E-state index in [1.807, 2.05) is 0 Å². The standard InChI is InChI=1S/C21H22N2OS/c25-21(22-10-12-24-13-11-22)14-18-16-23(15-17-6-2-1-3-7-17)20-9-5-4-8-19(18)20/h1-9,16H,10-15H2.